The Kier molecular flexibility index (Phi) is 8.61. The summed E-state index contributed by atoms with van der Waals surface area (Å²) in [6.07, 6.45) is 0.403. The number of nitrogens with one attached hydrogen (secondary N) is 1. The molecule has 2 amide bonds. The SMILES string of the molecule is CC(C)[C@H](N)C(=O)NCC(=O)N(CCCC(=O)O)C(C)C. The second-order valence-electron chi connectivity index (χ2n) is 5.67. The average molecular weight is 301 g/mol. The van der Waals surface area contributed by atoms with Gasteiger partial charge in [-0.3, -0.25) is 14.4 Å². The third-order valence-corrected chi connectivity index (χ3v) is 3.17. The van der Waals surface area contributed by atoms with Crippen molar-refractivity contribution < 1.29 is 19.5 Å². The quantitative estimate of drug-likeness (QED) is 0.562. The number of carboxylic acid groups (broad SMARTS) is 1. The van der Waals surface area contributed by atoms with Crippen LogP contribution in [0.5, 0.6) is 0 Å². The number of rotatable bonds is 9. The second-order valence-corrected chi connectivity index (χ2v) is 5.67. The Hall–Kier alpha value is -1.63. The highest BCUT2D eigenvalue weighted by Crippen LogP contribution is 2.03. The topological polar surface area (TPSA) is 113 Å². The van der Waals surface area contributed by atoms with E-state index >= 15 is 0 Å². The van der Waals surface area contributed by atoms with Crippen molar-refractivity contribution in [2.75, 3.05) is 13.1 Å². The molecule has 0 aromatic rings. The summed E-state index contributed by atoms with van der Waals surface area (Å²) >= 11 is 0. The van der Waals surface area contributed by atoms with E-state index in [2.05, 4.69) is 5.32 Å². The number of carbonyl (C=O) groups excluding carboxylic acids is 2. The molecular weight excluding hydrogens is 274 g/mol. The van der Waals surface area contributed by atoms with Crippen LogP contribution in [-0.4, -0.2) is 53.0 Å². The Morgan fingerprint density at radius 2 is 1.76 bits per heavy atom. The Balaban J connectivity index is 4.36. The maximum absolute atomic E-state index is 12.1. The zero-order valence-corrected chi connectivity index (χ0v) is 13.3. The molecule has 0 aromatic carbocycles. The van der Waals surface area contributed by atoms with Crippen LogP contribution in [0.1, 0.15) is 40.5 Å². The maximum atomic E-state index is 12.1. The minimum absolute atomic E-state index is 0.00290. The molecule has 0 heterocycles. The van der Waals surface area contributed by atoms with E-state index in [-0.39, 0.29) is 36.7 Å². The lowest BCUT2D eigenvalue weighted by molar-refractivity contribution is -0.138. The van der Waals surface area contributed by atoms with E-state index in [4.69, 9.17) is 10.8 Å². The molecule has 1 atom stereocenters. The van der Waals surface area contributed by atoms with Crippen molar-refractivity contribution in [2.45, 2.75) is 52.6 Å². The van der Waals surface area contributed by atoms with E-state index in [9.17, 15) is 14.4 Å². The Morgan fingerprint density at radius 3 is 2.19 bits per heavy atom. The van der Waals surface area contributed by atoms with Crippen LogP contribution >= 0.6 is 0 Å². The van der Waals surface area contributed by atoms with E-state index in [1.165, 1.54) is 0 Å². The highest BCUT2D eigenvalue weighted by atomic mass is 16.4. The zero-order chi connectivity index (χ0) is 16.6. The van der Waals surface area contributed by atoms with E-state index < -0.39 is 12.0 Å². The average Bonchev–Trinajstić information content (AvgIpc) is 2.38. The lowest BCUT2D eigenvalue weighted by Crippen LogP contribution is -2.49. The lowest BCUT2D eigenvalue weighted by atomic mass is 10.1. The van der Waals surface area contributed by atoms with Gasteiger partial charge in [-0.25, -0.2) is 0 Å². The predicted molar refractivity (Wildman–Crippen MR) is 79.5 cm³/mol. The highest BCUT2D eigenvalue weighted by molar-refractivity contribution is 5.87. The highest BCUT2D eigenvalue weighted by Gasteiger charge is 2.21. The molecule has 7 nitrogen and oxygen atoms in total. The normalized spacial score (nSPS) is 12.3. The number of nitrogens with two attached hydrogens (primary N) is 1. The first-order valence-corrected chi connectivity index (χ1v) is 7.21. The summed E-state index contributed by atoms with van der Waals surface area (Å²) in [5.74, 6) is -1.48. The van der Waals surface area contributed by atoms with Gasteiger partial charge in [-0.05, 0) is 26.2 Å². The first-order valence-electron chi connectivity index (χ1n) is 7.21. The fourth-order valence-electron chi connectivity index (χ4n) is 1.76. The number of aliphatic carboxylic acids is 1. The molecule has 0 saturated heterocycles. The van der Waals surface area contributed by atoms with Crippen LogP contribution < -0.4 is 11.1 Å². The molecule has 0 aliphatic carbocycles. The van der Waals surface area contributed by atoms with Gasteiger partial charge in [0.2, 0.25) is 11.8 Å². The van der Waals surface area contributed by atoms with E-state index in [0.29, 0.717) is 13.0 Å². The van der Waals surface area contributed by atoms with Gasteiger partial charge >= 0.3 is 5.97 Å². The molecule has 0 aliphatic rings. The monoisotopic (exact) mass is 301 g/mol. The van der Waals surface area contributed by atoms with Gasteiger partial charge in [0.1, 0.15) is 0 Å². The molecule has 122 valence electrons. The van der Waals surface area contributed by atoms with Gasteiger partial charge in [-0.2, -0.15) is 0 Å². The first-order chi connectivity index (χ1) is 9.66. The van der Waals surface area contributed by atoms with Crippen molar-refractivity contribution in [1.29, 1.82) is 0 Å². The van der Waals surface area contributed by atoms with Crippen molar-refractivity contribution >= 4 is 17.8 Å². The maximum Gasteiger partial charge on any atom is 0.303 e. The molecule has 0 aliphatic heterocycles. The van der Waals surface area contributed by atoms with E-state index in [0.717, 1.165) is 0 Å². The third-order valence-electron chi connectivity index (χ3n) is 3.17. The van der Waals surface area contributed by atoms with Crippen molar-refractivity contribution in [3.63, 3.8) is 0 Å². The Labute approximate surface area is 125 Å². The van der Waals surface area contributed by atoms with Crippen molar-refractivity contribution in [2.24, 2.45) is 11.7 Å². The van der Waals surface area contributed by atoms with Crippen LogP contribution in [0.2, 0.25) is 0 Å². The summed E-state index contributed by atoms with van der Waals surface area (Å²) < 4.78 is 0. The Morgan fingerprint density at radius 1 is 1.19 bits per heavy atom. The molecule has 0 fully saturated rings. The molecular formula is C14H27N3O4. The summed E-state index contributed by atoms with van der Waals surface area (Å²) in [4.78, 5) is 35.8. The number of hydrogen-bond acceptors (Lipinski definition) is 4. The van der Waals surface area contributed by atoms with Gasteiger partial charge in [0.15, 0.2) is 0 Å². The lowest BCUT2D eigenvalue weighted by Gasteiger charge is -2.27. The number of carbonyl (C=O) groups is 3. The summed E-state index contributed by atoms with van der Waals surface area (Å²) in [6, 6.07) is -0.695. The van der Waals surface area contributed by atoms with Gasteiger partial charge < -0.3 is 21.1 Å². The van der Waals surface area contributed by atoms with Crippen LogP contribution in [0, 0.1) is 5.92 Å². The third kappa shape index (κ3) is 7.65. The van der Waals surface area contributed by atoms with E-state index in [1.807, 2.05) is 27.7 Å². The molecule has 4 N–H and O–H groups in total. The Bertz CT molecular complexity index is 369. The summed E-state index contributed by atoms with van der Waals surface area (Å²) in [7, 11) is 0. The molecule has 0 bridgehead atoms. The standard InChI is InChI=1S/C14H27N3O4/c1-9(2)13(15)14(21)16-8-11(18)17(10(3)4)7-5-6-12(19)20/h9-10,13H,5-8,15H2,1-4H3,(H,16,21)(H,19,20)/t13-/m0/s1. The minimum atomic E-state index is -0.887. The molecule has 0 rings (SSSR count). The fraction of sp³-hybridized carbons (Fsp3) is 0.786. The molecule has 0 spiro atoms. The van der Waals surface area contributed by atoms with Crippen molar-refractivity contribution in [3.8, 4) is 0 Å². The minimum Gasteiger partial charge on any atom is -0.481 e. The number of nitrogens with zero attached hydrogens (tertiary/aromatic N) is 1. The van der Waals surface area contributed by atoms with Crippen LogP contribution in [0.25, 0.3) is 0 Å². The number of hydrogen-bond donors (Lipinski definition) is 3. The molecule has 21 heavy (non-hydrogen) atoms. The second kappa shape index (κ2) is 9.33. The zero-order valence-electron chi connectivity index (χ0n) is 13.3. The van der Waals surface area contributed by atoms with Gasteiger partial charge in [-0.1, -0.05) is 13.8 Å². The molecule has 0 saturated carbocycles. The van der Waals surface area contributed by atoms with Crippen molar-refractivity contribution in [1.82, 2.24) is 10.2 Å². The summed E-state index contributed by atoms with van der Waals surface area (Å²) in [6.45, 7) is 7.59. The van der Waals surface area contributed by atoms with Gasteiger partial charge in [0.05, 0.1) is 12.6 Å². The van der Waals surface area contributed by atoms with Crippen LogP contribution in [0.15, 0.2) is 0 Å². The number of amides is 2. The van der Waals surface area contributed by atoms with E-state index in [1.54, 1.807) is 4.90 Å². The number of carboxylic acids is 1. The van der Waals surface area contributed by atoms with Gasteiger partial charge in [-0.15, -0.1) is 0 Å². The van der Waals surface area contributed by atoms with Crippen LogP contribution in [-0.2, 0) is 14.4 Å². The van der Waals surface area contributed by atoms with Crippen LogP contribution in [0.3, 0.4) is 0 Å². The largest absolute Gasteiger partial charge is 0.481 e. The molecule has 7 heteroatoms. The molecule has 0 unspecified atom stereocenters. The smallest absolute Gasteiger partial charge is 0.303 e. The van der Waals surface area contributed by atoms with Gasteiger partial charge in [0, 0.05) is 19.0 Å². The first kappa shape index (κ1) is 19.4. The molecule has 0 radical (unpaired) electrons. The van der Waals surface area contributed by atoms with Crippen LogP contribution in [0.4, 0.5) is 0 Å². The van der Waals surface area contributed by atoms with Gasteiger partial charge in [0.25, 0.3) is 0 Å². The summed E-state index contributed by atoms with van der Waals surface area (Å²) in [5, 5.41) is 11.1. The van der Waals surface area contributed by atoms with Crippen molar-refractivity contribution in [3.05, 3.63) is 0 Å². The fourth-order valence-corrected chi connectivity index (χ4v) is 1.76. The summed E-state index contributed by atoms with van der Waals surface area (Å²) in [5.41, 5.74) is 5.69. The predicted octanol–water partition coefficient (Wildman–Crippen LogP) is 0.188. The molecule has 0 aromatic heterocycles.